The Kier molecular flexibility index (Phi) is 6.58. The highest BCUT2D eigenvalue weighted by Crippen LogP contribution is 2.12. The molecule has 0 aromatic carbocycles. The molecule has 1 aromatic heterocycles. The van der Waals surface area contributed by atoms with Crippen molar-refractivity contribution in [2.45, 2.75) is 32.7 Å². The van der Waals surface area contributed by atoms with E-state index in [0.717, 1.165) is 25.0 Å². The maximum absolute atomic E-state index is 5.73. The maximum Gasteiger partial charge on any atom is 0.213 e. The lowest BCUT2D eigenvalue weighted by Gasteiger charge is -2.08. The van der Waals surface area contributed by atoms with Gasteiger partial charge in [-0.15, -0.1) is 0 Å². The Hall–Kier alpha value is -1.13. The minimum Gasteiger partial charge on any atom is -0.475 e. The Morgan fingerprint density at radius 2 is 2.12 bits per heavy atom. The van der Waals surface area contributed by atoms with E-state index in [1.807, 2.05) is 19.1 Å². The van der Waals surface area contributed by atoms with Crippen LogP contribution >= 0.6 is 0 Å². The molecule has 2 N–H and O–H groups in total. The molecule has 0 radical (unpaired) electrons. The number of hydrogen-bond acceptors (Lipinski definition) is 4. The number of nitrogens with two attached hydrogens (primary N) is 1. The van der Waals surface area contributed by atoms with Gasteiger partial charge in [-0.05, 0) is 18.9 Å². The van der Waals surface area contributed by atoms with Crippen LogP contribution in [0.1, 0.15) is 38.3 Å². The molecule has 17 heavy (non-hydrogen) atoms. The molecule has 0 saturated carbocycles. The fraction of sp³-hybridized carbons (Fsp3) is 0.615. The molecule has 0 saturated heterocycles. The van der Waals surface area contributed by atoms with Gasteiger partial charge in [-0.1, -0.05) is 19.4 Å². The van der Waals surface area contributed by atoms with Crippen LogP contribution in [0.4, 0.5) is 0 Å². The van der Waals surface area contributed by atoms with Gasteiger partial charge in [0.15, 0.2) is 0 Å². The average molecular weight is 238 g/mol. The standard InChI is InChI=1S/C13H22N2O2/c1-3-4-7-16-8-9-17-13-6-5-12(10-15-13)11(2)14/h5-6,10-11H,3-4,7-9,14H2,1-2H3/t11-/m1/s1. The lowest BCUT2D eigenvalue weighted by molar-refractivity contribution is 0.0965. The van der Waals surface area contributed by atoms with Gasteiger partial charge in [0.1, 0.15) is 6.61 Å². The van der Waals surface area contributed by atoms with Crippen LogP contribution in [0.3, 0.4) is 0 Å². The summed E-state index contributed by atoms with van der Waals surface area (Å²) in [4.78, 5) is 4.18. The van der Waals surface area contributed by atoms with Gasteiger partial charge in [0.05, 0.1) is 6.61 Å². The third-order valence-corrected chi connectivity index (χ3v) is 2.40. The summed E-state index contributed by atoms with van der Waals surface area (Å²) in [6, 6.07) is 3.78. The average Bonchev–Trinajstić information content (AvgIpc) is 2.34. The Morgan fingerprint density at radius 3 is 2.71 bits per heavy atom. The van der Waals surface area contributed by atoms with E-state index in [1.54, 1.807) is 6.20 Å². The molecule has 0 aliphatic carbocycles. The van der Waals surface area contributed by atoms with Gasteiger partial charge in [-0.2, -0.15) is 0 Å². The molecular weight excluding hydrogens is 216 g/mol. The molecule has 0 amide bonds. The Morgan fingerprint density at radius 1 is 1.29 bits per heavy atom. The summed E-state index contributed by atoms with van der Waals surface area (Å²) in [6.07, 6.45) is 4.00. The van der Waals surface area contributed by atoms with Crippen LogP contribution in [0.25, 0.3) is 0 Å². The maximum atomic E-state index is 5.73. The quantitative estimate of drug-likeness (QED) is 0.706. The van der Waals surface area contributed by atoms with E-state index in [2.05, 4.69) is 11.9 Å². The van der Waals surface area contributed by atoms with Gasteiger partial charge < -0.3 is 15.2 Å². The third kappa shape index (κ3) is 5.65. The summed E-state index contributed by atoms with van der Waals surface area (Å²) < 4.78 is 10.8. The number of aromatic nitrogens is 1. The second kappa shape index (κ2) is 8.03. The first-order valence-electron chi connectivity index (χ1n) is 6.16. The molecule has 1 rings (SSSR count). The largest absolute Gasteiger partial charge is 0.475 e. The van der Waals surface area contributed by atoms with Crippen LogP contribution in [0.5, 0.6) is 5.88 Å². The molecule has 0 unspecified atom stereocenters. The number of unbranched alkanes of at least 4 members (excludes halogenated alkanes) is 1. The number of hydrogen-bond donors (Lipinski definition) is 1. The molecule has 0 fully saturated rings. The van der Waals surface area contributed by atoms with E-state index < -0.39 is 0 Å². The molecule has 0 aliphatic rings. The molecule has 4 nitrogen and oxygen atoms in total. The molecule has 0 aliphatic heterocycles. The van der Waals surface area contributed by atoms with E-state index in [-0.39, 0.29) is 6.04 Å². The summed E-state index contributed by atoms with van der Waals surface area (Å²) in [5.41, 5.74) is 6.74. The van der Waals surface area contributed by atoms with Gasteiger partial charge >= 0.3 is 0 Å². The number of nitrogens with zero attached hydrogens (tertiary/aromatic N) is 1. The molecule has 1 heterocycles. The number of ether oxygens (including phenoxy) is 2. The SMILES string of the molecule is CCCCOCCOc1ccc([C@@H](C)N)cn1. The first kappa shape index (κ1) is 13.9. The number of pyridine rings is 1. The van der Waals surface area contributed by atoms with E-state index in [1.165, 1.54) is 0 Å². The highest BCUT2D eigenvalue weighted by molar-refractivity contribution is 5.19. The van der Waals surface area contributed by atoms with Gasteiger partial charge in [-0.25, -0.2) is 4.98 Å². The van der Waals surface area contributed by atoms with Crippen LogP contribution in [-0.4, -0.2) is 24.8 Å². The topological polar surface area (TPSA) is 57.4 Å². The second-order valence-corrected chi connectivity index (χ2v) is 4.03. The lowest BCUT2D eigenvalue weighted by Crippen LogP contribution is -2.09. The first-order chi connectivity index (χ1) is 8.24. The first-order valence-corrected chi connectivity index (χ1v) is 6.16. The highest BCUT2D eigenvalue weighted by atomic mass is 16.5. The van der Waals surface area contributed by atoms with Gasteiger partial charge in [0.25, 0.3) is 0 Å². The second-order valence-electron chi connectivity index (χ2n) is 4.03. The van der Waals surface area contributed by atoms with Crippen molar-refractivity contribution >= 4 is 0 Å². The van der Waals surface area contributed by atoms with Gasteiger partial charge in [0, 0.05) is 24.9 Å². The molecule has 0 bridgehead atoms. The van der Waals surface area contributed by atoms with Crippen LogP contribution in [-0.2, 0) is 4.74 Å². The fourth-order valence-corrected chi connectivity index (χ4v) is 1.30. The summed E-state index contributed by atoms with van der Waals surface area (Å²) >= 11 is 0. The van der Waals surface area contributed by atoms with Crippen molar-refractivity contribution in [1.82, 2.24) is 4.98 Å². The van der Waals surface area contributed by atoms with E-state index in [0.29, 0.717) is 19.1 Å². The zero-order valence-electron chi connectivity index (χ0n) is 10.7. The van der Waals surface area contributed by atoms with Crippen molar-refractivity contribution in [3.63, 3.8) is 0 Å². The minimum absolute atomic E-state index is 0.00827. The van der Waals surface area contributed by atoms with Crippen molar-refractivity contribution in [2.75, 3.05) is 19.8 Å². The zero-order valence-corrected chi connectivity index (χ0v) is 10.7. The van der Waals surface area contributed by atoms with Crippen molar-refractivity contribution in [3.05, 3.63) is 23.9 Å². The smallest absolute Gasteiger partial charge is 0.213 e. The molecule has 1 aromatic rings. The molecular formula is C13H22N2O2. The Labute approximate surface area is 103 Å². The summed E-state index contributed by atoms with van der Waals surface area (Å²) in [7, 11) is 0. The molecule has 0 spiro atoms. The fourth-order valence-electron chi connectivity index (χ4n) is 1.30. The van der Waals surface area contributed by atoms with Crippen molar-refractivity contribution in [1.29, 1.82) is 0 Å². The zero-order chi connectivity index (χ0) is 12.5. The van der Waals surface area contributed by atoms with E-state index >= 15 is 0 Å². The van der Waals surface area contributed by atoms with Gasteiger partial charge in [0.2, 0.25) is 5.88 Å². The van der Waals surface area contributed by atoms with Gasteiger partial charge in [-0.3, -0.25) is 0 Å². The Bertz CT molecular complexity index is 299. The van der Waals surface area contributed by atoms with Crippen LogP contribution < -0.4 is 10.5 Å². The predicted molar refractivity (Wildman–Crippen MR) is 68.1 cm³/mol. The normalized spacial score (nSPS) is 12.4. The highest BCUT2D eigenvalue weighted by Gasteiger charge is 2.00. The van der Waals surface area contributed by atoms with Crippen LogP contribution in [0.2, 0.25) is 0 Å². The monoisotopic (exact) mass is 238 g/mol. The minimum atomic E-state index is 0.00827. The molecule has 96 valence electrons. The summed E-state index contributed by atoms with van der Waals surface area (Å²) in [6.45, 7) is 6.02. The van der Waals surface area contributed by atoms with Crippen LogP contribution in [0, 0.1) is 0 Å². The van der Waals surface area contributed by atoms with E-state index in [9.17, 15) is 0 Å². The summed E-state index contributed by atoms with van der Waals surface area (Å²) in [5, 5.41) is 0. The lowest BCUT2D eigenvalue weighted by atomic mass is 10.2. The third-order valence-electron chi connectivity index (χ3n) is 2.40. The van der Waals surface area contributed by atoms with Crippen molar-refractivity contribution in [2.24, 2.45) is 5.73 Å². The van der Waals surface area contributed by atoms with Crippen molar-refractivity contribution in [3.8, 4) is 5.88 Å². The van der Waals surface area contributed by atoms with E-state index in [4.69, 9.17) is 15.2 Å². The Balaban J connectivity index is 2.19. The summed E-state index contributed by atoms with van der Waals surface area (Å²) in [5.74, 6) is 0.619. The van der Waals surface area contributed by atoms with Crippen LogP contribution in [0.15, 0.2) is 18.3 Å². The molecule has 1 atom stereocenters. The van der Waals surface area contributed by atoms with Crippen molar-refractivity contribution < 1.29 is 9.47 Å². The molecule has 4 heteroatoms. The number of rotatable bonds is 8. The predicted octanol–water partition coefficient (Wildman–Crippen LogP) is 2.30.